The van der Waals surface area contributed by atoms with Crippen LogP contribution in [0.2, 0.25) is 0 Å². The molecule has 1 heterocycles. The number of hydrogen-bond donors (Lipinski definition) is 2. The maximum absolute atomic E-state index is 10.5. The summed E-state index contributed by atoms with van der Waals surface area (Å²) in [5.41, 5.74) is 5.87. The first kappa shape index (κ1) is 9.98. The number of carbonyl (C=O) groups excluding carboxylic acids is 1. The molecule has 4 nitrogen and oxygen atoms in total. The predicted molar refractivity (Wildman–Crippen MR) is 52.6 cm³/mol. The number of aromatic nitrogens is 1. The number of thiazole rings is 1. The molecule has 1 aromatic heterocycles. The number of aryl methyl sites for hydroxylation is 1. The normalized spacial score (nSPS) is 12.5. The van der Waals surface area contributed by atoms with Crippen LogP contribution in [0.15, 0.2) is 5.38 Å². The molecule has 0 radical (unpaired) electrons. The number of nitrogens with one attached hydrogen (secondary N) is 1. The average Bonchev–Trinajstić information content (AvgIpc) is 2.50. The molecule has 0 aliphatic carbocycles. The number of urea groups is 1. The van der Waals surface area contributed by atoms with Crippen molar-refractivity contribution < 1.29 is 4.79 Å². The first-order chi connectivity index (χ1) is 6.13. The minimum Gasteiger partial charge on any atom is -0.352 e. The third kappa shape index (κ3) is 2.69. The van der Waals surface area contributed by atoms with Crippen molar-refractivity contribution in [3.05, 3.63) is 16.1 Å². The van der Waals surface area contributed by atoms with Gasteiger partial charge in [-0.25, -0.2) is 9.78 Å². The van der Waals surface area contributed by atoms with Crippen molar-refractivity contribution in [2.45, 2.75) is 26.3 Å². The fourth-order valence-electron chi connectivity index (χ4n) is 0.974. The smallest absolute Gasteiger partial charge is 0.312 e. The van der Waals surface area contributed by atoms with E-state index in [9.17, 15) is 4.79 Å². The van der Waals surface area contributed by atoms with E-state index in [1.807, 2.05) is 12.3 Å². The minimum absolute atomic E-state index is 0.103. The molecule has 1 atom stereocenters. The van der Waals surface area contributed by atoms with E-state index >= 15 is 0 Å². The highest BCUT2D eigenvalue weighted by Crippen LogP contribution is 2.16. The maximum Gasteiger partial charge on any atom is 0.312 e. The lowest BCUT2D eigenvalue weighted by molar-refractivity contribution is 0.246. The van der Waals surface area contributed by atoms with E-state index in [2.05, 4.69) is 17.2 Å². The van der Waals surface area contributed by atoms with Crippen LogP contribution < -0.4 is 11.1 Å². The van der Waals surface area contributed by atoms with Crippen molar-refractivity contribution in [3.8, 4) is 0 Å². The zero-order valence-electron chi connectivity index (χ0n) is 7.70. The third-order valence-corrected chi connectivity index (χ3v) is 2.69. The fourth-order valence-corrected chi connectivity index (χ4v) is 1.81. The van der Waals surface area contributed by atoms with Gasteiger partial charge in [0.15, 0.2) is 0 Å². The van der Waals surface area contributed by atoms with Gasteiger partial charge in [-0.15, -0.1) is 11.3 Å². The Morgan fingerprint density at radius 1 is 1.85 bits per heavy atom. The van der Waals surface area contributed by atoms with Gasteiger partial charge in [-0.1, -0.05) is 6.92 Å². The van der Waals surface area contributed by atoms with Crippen LogP contribution in [0.5, 0.6) is 0 Å². The van der Waals surface area contributed by atoms with E-state index in [4.69, 9.17) is 5.73 Å². The number of rotatable bonds is 3. The molecule has 72 valence electrons. The number of carbonyl (C=O) groups is 1. The second-order valence-corrected chi connectivity index (χ2v) is 3.69. The lowest BCUT2D eigenvalue weighted by Gasteiger charge is -2.07. The first-order valence-electron chi connectivity index (χ1n) is 4.13. The Morgan fingerprint density at radius 3 is 3.00 bits per heavy atom. The molecule has 0 fully saturated rings. The van der Waals surface area contributed by atoms with Crippen molar-refractivity contribution >= 4 is 17.4 Å². The van der Waals surface area contributed by atoms with E-state index in [-0.39, 0.29) is 6.04 Å². The molecule has 3 N–H and O–H groups in total. The summed E-state index contributed by atoms with van der Waals surface area (Å²) >= 11 is 1.60. The maximum atomic E-state index is 10.5. The second kappa shape index (κ2) is 4.23. The SMILES string of the molecule is CCc1nc(C(C)NC(N)=O)cs1. The van der Waals surface area contributed by atoms with Gasteiger partial charge >= 0.3 is 6.03 Å². The third-order valence-electron chi connectivity index (χ3n) is 1.67. The van der Waals surface area contributed by atoms with Crippen molar-refractivity contribution in [1.82, 2.24) is 10.3 Å². The van der Waals surface area contributed by atoms with E-state index in [0.29, 0.717) is 0 Å². The molecule has 1 rings (SSSR count). The summed E-state index contributed by atoms with van der Waals surface area (Å²) in [5, 5.41) is 5.60. The fraction of sp³-hybridized carbons (Fsp3) is 0.500. The van der Waals surface area contributed by atoms with Crippen LogP contribution >= 0.6 is 11.3 Å². The number of primary amides is 1. The van der Waals surface area contributed by atoms with Gasteiger partial charge in [0.05, 0.1) is 16.7 Å². The molecule has 1 unspecified atom stereocenters. The molecule has 0 aromatic carbocycles. The highest BCUT2D eigenvalue weighted by Gasteiger charge is 2.10. The van der Waals surface area contributed by atoms with Crippen LogP contribution in [0.25, 0.3) is 0 Å². The summed E-state index contributed by atoms with van der Waals surface area (Å²) in [6, 6.07) is -0.618. The van der Waals surface area contributed by atoms with Gasteiger partial charge in [-0.3, -0.25) is 0 Å². The molecule has 0 spiro atoms. The minimum atomic E-state index is -0.515. The van der Waals surface area contributed by atoms with Gasteiger partial charge in [0.1, 0.15) is 0 Å². The first-order valence-corrected chi connectivity index (χ1v) is 5.01. The van der Waals surface area contributed by atoms with E-state index in [0.717, 1.165) is 17.1 Å². The van der Waals surface area contributed by atoms with Crippen LogP contribution in [0.1, 0.15) is 30.6 Å². The topological polar surface area (TPSA) is 68.0 Å². The average molecular weight is 199 g/mol. The van der Waals surface area contributed by atoms with Gasteiger partial charge in [0.25, 0.3) is 0 Å². The highest BCUT2D eigenvalue weighted by molar-refractivity contribution is 7.09. The van der Waals surface area contributed by atoms with Crippen molar-refractivity contribution in [3.63, 3.8) is 0 Å². The molecule has 0 aliphatic heterocycles. The summed E-state index contributed by atoms with van der Waals surface area (Å²) in [6.07, 6.45) is 0.925. The zero-order chi connectivity index (χ0) is 9.84. The molecule has 5 heteroatoms. The number of amides is 2. The van der Waals surface area contributed by atoms with Gasteiger partial charge in [0.2, 0.25) is 0 Å². The summed E-state index contributed by atoms with van der Waals surface area (Å²) in [5.74, 6) is 0. The standard InChI is InChI=1S/C8H13N3OS/c1-3-7-11-6(4-13-7)5(2)10-8(9)12/h4-5H,3H2,1-2H3,(H3,9,10,12). The predicted octanol–water partition coefficient (Wildman–Crippen LogP) is 1.43. The Bertz CT molecular complexity index is 297. The highest BCUT2D eigenvalue weighted by atomic mass is 32.1. The Hall–Kier alpha value is -1.10. The quantitative estimate of drug-likeness (QED) is 0.773. The molecular weight excluding hydrogens is 186 g/mol. The largest absolute Gasteiger partial charge is 0.352 e. The second-order valence-electron chi connectivity index (χ2n) is 2.75. The van der Waals surface area contributed by atoms with Gasteiger partial charge in [-0.05, 0) is 13.3 Å². The summed E-state index contributed by atoms with van der Waals surface area (Å²) in [6.45, 7) is 3.91. The number of nitrogens with two attached hydrogens (primary N) is 1. The monoisotopic (exact) mass is 199 g/mol. The van der Waals surface area contributed by atoms with E-state index in [1.165, 1.54) is 0 Å². The Balaban J connectivity index is 2.65. The van der Waals surface area contributed by atoms with Gasteiger partial charge in [0, 0.05) is 5.38 Å². The Kier molecular flexibility index (Phi) is 3.25. The molecule has 0 bridgehead atoms. The van der Waals surface area contributed by atoms with Crippen molar-refractivity contribution in [1.29, 1.82) is 0 Å². The van der Waals surface area contributed by atoms with Crippen LogP contribution in [-0.2, 0) is 6.42 Å². The molecular formula is C8H13N3OS. The Morgan fingerprint density at radius 2 is 2.54 bits per heavy atom. The van der Waals surface area contributed by atoms with Crippen LogP contribution in [0, 0.1) is 0 Å². The molecule has 2 amide bonds. The zero-order valence-corrected chi connectivity index (χ0v) is 8.52. The van der Waals surface area contributed by atoms with E-state index in [1.54, 1.807) is 11.3 Å². The van der Waals surface area contributed by atoms with Crippen LogP contribution in [0.3, 0.4) is 0 Å². The molecule has 0 saturated carbocycles. The molecule has 0 saturated heterocycles. The lowest BCUT2D eigenvalue weighted by Crippen LogP contribution is -2.31. The Labute approximate surface area is 81.2 Å². The van der Waals surface area contributed by atoms with Crippen LogP contribution in [-0.4, -0.2) is 11.0 Å². The summed E-state index contributed by atoms with van der Waals surface area (Å²) in [7, 11) is 0. The van der Waals surface area contributed by atoms with Gasteiger partial charge in [-0.2, -0.15) is 0 Å². The van der Waals surface area contributed by atoms with E-state index < -0.39 is 6.03 Å². The summed E-state index contributed by atoms with van der Waals surface area (Å²) < 4.78 is 0. The van der Waals surface area contributed by atoms with Crippen LogP contribution in [0.4, 0.5) is 4.79 Å². The molecule has 13 heavy (non-hydrogen) atoms. The number of nitrogens with zero attached hydrogens (tertiary/aromatic N) is 1. The van der Waals surface area contributed by atoms with Crippen molar-refractivity contribution in [2.75, 3.05) is 0 Å². The van der Waals surface area contributed by atoms with Gasteiger partial charge < -0.3 is 11.1 Å². The lowest BCUT2D eigenvalue weighted by atomic mass is 10.3. The molecule has 0 aliphatic rings. The summed E-state index contributed by atoms with van der Waals surface area (Å²) in [4.78, 5) is 14.9. The number of hydrogen-bond acceptors (Lipinski definition) is 3. The van der Waals surface area contributed by atoms with Crippen molar-refractivity contribution in [2.24, 2.45) is 5.73 Å². The molecule has 1 aromatic rings.